The van der Waals surface area contributed by atoms with Gasteiger partial charge in [0.1, 0.15) is 5.82 Å². The number of hydrazone groups is 1. The lowest BCUT2D eigenvalue weighted by atomic mass is 10.1. The second-order valence-electron chi connectivity index (χ2n) is 4.57. The number of nitrogens with zero attached hydrogens (tertiary/aromatic N) is 2. The molecule has 8 heteroatoms. The van der Waals surface area contributed by atoms with Gasteiger partial charge < -0.3 is 0 Å². The van der Waals surface area contributed by atoms with Crippen LogP contribution in [0.4, 0.5) is 10.1 Å². The van der Waals surface area contributed by atoms with Gasteiger partial charge in [-0.2, -0.15) is 5.10 Å². The van der Waals surface area contributed by atoms with E-state index < -0.39 is 16.6 Å². The Balaban J connectivity index is 2.12. The van der Waals surface area contributed by atoms with Gasteiger partial charge in [-0.15, -0.1) is 0 Å². The number of amides is 1. The lowest BCUT2D eigenvalue weighted by Gasteiger charge is -2.05. The molecule has 1 N–H and O–H groups in total. The average molecular weight is 336 g/mol. The molecule has 0 bridgehead atoms. The van der Waals surface area contributed by atoms with Crippen LogP contribution in [0.2, 0.25) is 5.02 Å². The molecular formula is C15H11ClFN3O3. The van der Waals surface area contributed by atoms with Gasteiger partial charge in [-0.25, -0.2) is 9.82 Å². The van der Waals surface area contributed by atoms with Crippen LogP contribution in [-0.2, 0) is 0 Å². The zero-order chi connectivity index (χ0) is 17.0. The summed E-state index contributed by atoms with van der Waals surface area (Å²) in [6, 6.07) is 8.93. The predicted octanol–water partition coefficient (Wildman–Crippen LogP) is 3.54. The summed E-state index contributed by atoms with van der Waals surface area (Å²) in [5, 5.41) is 14.6. The van der Waals surface area contributed by atoms with Gasteiger partial charge in [-0.3, -0.25) is 14.9 Å². The van der Waals surface area contributed by atoms with E-state index in [4.69, 9.17) is 11.6 Å². The number of nitro benzene ring substituents is 1. The van der Waals surface area contributed by atoms with Crippen LogP contribution in [-0.4, -0.2) is 16.5 Å². The first-order chi connectivity index (χ1) is 10.9. The fourth-order valence-corrected chi connectivity index (χ4v) is 2.08. The van der Waals surface area contributed by atoms with Crippen LogP contribution in [0.3, 0.4) is 0 Å². The lowest BCUT2D eigenvalue weighted by molar-refractivity contribution is -0.384. The van der Waals surface area contributed by atoms with E-state index in [0.29, 0.717) is 11.3 Å². The number of nitrogens with one attached hydrogen (secondary N) is 1. The molecule has 0 saturated carbocycles. The quantitative estimate of drug-likeness (QED) is 0.527. The van der Waals surface area contributed by atoms with E-state index in [0.717, 1.165) is 6.07 Å². The Morgan fingerprint density at radius 3 is 2.48 bits per heavy atom. The van der Waals surface area contributed by atoms with E-state index in [2.05, 4.69) is 10.5 Å². The highest BCUT2D eigenvalue weighted by Gasteiger charge is 2.10. The normalized spacial score (nSPS) is 11.2. The summed E-state index contributed by atoms with van der Waals surface area (Å²) in [6.45, 7) is 1.61. The van der Waals surface area contributed by atoms with Crippen molar-refractivity contribution in [3.8, 4) is 0 Å². The Morgan fingerprint density at radius 1 is 1.26 bits per heavy atom. The van der Waals surface area contributed by atoms with Crippen molar-refractivity contribution in [2.75, 3.05) is 0 Å². The highest BCUT2D eigenvalue weighted by molar-refractivity contribution is 6.34. The van der Waals surface area contributed by atoms with Crippen LogP contribution in [0.15, 0.2) is 47.6 Å². The average Bonchev–Trinajstić information content (AvgIpc) is 2.52. The Hall–Kier alpha value is -2.80. The summed E-state index contributed by atoms with van der Waals surface area (Å²) in [5.41, 5.74) is 3.30. The molecule has 6 nitrogen and oxygen atoms in total. The third-order valence-electron chi connectivity index (χ3n) is 2.99. The number of hydrogen-bond donors (Lipinski definition) is 1. The maximum absolute atomic E-state index is 13.0. The zero-order valence-corrected chi connectivity index (χ0v) is 12.7. The van der Waals surface area contributed by atoms with Crippen molar-refractivity contribution >= 4 is 28.9 Å². The molecule has 0 aromatic heterocycles. The second kappa shape index (κ2) is 6.97. The monoisotopic (exact) mass is 335 g/mol. The molecule has 0 aliphatic rings. The van der Waals surface area contributed by atoms with Crippen molar-refractivity contribution in [1.82, 2.24) is 5.43 Å². The minimum atomic E-state index is -0.555. The molecule has 0 aliphatic carbocycles. The third-order valence-corrected chi connectivity index (χ3v) is 3.30. The molecule has 0 heterocycles. The molecule has 118 valence electrons. The first-order valence-electron chi connectivity index (χ1n) is 6.43. The first-order valence-corrected chi connectivity index (χ1v) is 6.81. The molecule has 2 rings (SSSR count). The van der Waals surface area contributed by atoms with Crippen LogP contribution in [0.25, 0.3) is 0 Å². The molecule has 0 atom stereocenters. The number of halogens is 2. The number of rotatable bonds is 4. The van der Waals surface area contributed by atoms with Gasteiger partial charge in [0.25, 0.3) is 11.6 Å². The molecule has 2 aromatic rings. The number of carbonyl (C=O) groups is 1. The van der Waals surface area contributed by atoms with Crippen molar-refractivity contribution in [3.05, 3.63) is 74.5 Å². The standard InChI is InChI=1S/C15H11ClFN3O3/c1-9(13-7-4-11(17)8-14(13)16)18-19-15(21)10-2-5-12(6-3-10)20(22)23/h2-8H,1H3,(H,19,21)/b18-9-. The second-order valence-corrected chi connectivity index (χ2v) is 4.97. The molecule has 0 aliphatic heterocycles. The molecule has 0 saturated heterocycles. The van der Waals surface area contributed by atoms with Gasteiger partial charge in [-0.1, -0.05) is 11.6 Å². The Labute approximate surface area is 135 Å². The Morgan fingerprint density at radius 2 is 1.91 bits per heavy atom. The summed E-state index contributed by atoms with van der Waals surface area (Å²) >= 11 is 5.91. The van der Waals surface area contributed by atoms with E-state index in [1.165, 1.54) is 36.4 Å². The molecule has 23 heavy (non-hydrogen) atoms. The van der Waals surface area contributed by atoms with E-state index in [-0.39, 0.29) is 16.3 Å². The van der Waals surface area contributed by atoms with Crippen molar-refractivity contribution in [2.24, 2.45) is 5.10 Å². The summed E-state index contributed by atoms with van der Waals surface area (Å²) in [5.74, 6) is -1.00. The SMILES string of the molecule is C/C(=N/NC(=O)c1ccc([N+](=O)[O-])cc1)c1ccc(F)cc1Cl. The lowest BCUT2D eigenvalue weighted by Crippen LogP contribution is -2.19. The smallest absolute Gasteiger partial charge is 0.267 e. The molecule has 2 aromatic carbocycles. The van der Waals surface area contributed by atoms with Crippen molar-refractivity contribution < 1.29 is 14.1 Å². The minimum absolute atomic E-state index is 0.112. The van der Waals surface area contributed by atoms with Gasteiger partial charge in [0.15, 0.2) is 0 Å². The van der Waals surface area contributed by atoms with Crippen LogP contribution in [0, 0.1) is 15.9 Å². The van der Waals surface area contributed by atoms with E-state index in [1.54, 1.807) is 6.92 Å². The van der Waals surface area contributed by atoms with Gasteiger partial charge >= 0.3 is 0 Å². The summed E-state index contributed by atoms with van der Waals surface area (Å²) in [7, 11) is 0. The third kappa shape index (κ3) is 4.10. The van der Waals surface area contributed by atoms with Gasteiger partial charge in [0.2, 0.25) is 0 Å². The molecular weight excluding hydrogens is 325 g/mol. The topological polar surface area (TPSA) is 84.6 Å². The number of non-ortho nitro benzene ring substituents is 1. The van der Waals surface area contributed by atoms with Crippen LogP contribution >= 0.6 is 11.6 Å². The summed E-state index contributed by atoms with van der Waals surface area (Å²) in [6.07, 6.45) is 0. The zero-order valence-electron chi connectivity index (χ0n) is 11.9. The van der Waals surface area contributed by atoms with Gasteiger partial charge in [0.05, 0.1) is 15.7 Å². The maximum Gasteiger partial charge on any atom is 0.271 e. The largest absolute Gasteiger partial charge is 0.271 e. The van der Waals surface area contributed by atoms with E-state index >= 15 is 0 Å². The van der Waals surface area contributed by atoms with Crippen LogP contribution in [0.5, 0.6) is 0 Å². The van der Waals surface area contributed by atoms with Gasteiger partial charge in [0, 0.05) is 23.3 Å². The van der Waals surface area contributed by atoms with Crippen molar-refractivity contribution in [3.63, 3.8) is 0 Å². The number of carbonyl (C=O) groups excluding carboxylic acids is 1. The molecule has 1 amide bonds. The van der Waals surface area contributed by atoms with Crippen LogP contribution in [0.1, 0.15) is 22.8 Å². The van der Waals surface area contributed by atoms with Gasteiger partial charge in [-0.05, 0) is 37.3 Å². The fourth-order valence-electron chi connectivity index (χ4n) is 1.78. The Bertz CT molecular complexity index is 791. The number of hydrogen-bond acceptors (Lipinski definition) is 4. The van der Waals surface area contributed by atoms with E-state index in [9.17, 15) is 19.3 Å². The minimum Gasteiger partial charge on any atom is -0.267 e. The van der Waals surface area contributed by atoms with Crippen molar-refractivity contribution in [2.45, 2.75) is 6.92 Å². The highest BCUT2D eigenvalue weighted by Crippen LogP contribution is 2.18. The number of nitro groups is 1. The fraction of sp³-hybridized carbons (Fsp3) is 0.0667. The summed E-state index contributed by atoms with van der Waals surface area (Å²) in [4.78, 5) is 21.9. The Kier molecular flexibility index (Phi) is 5.02. The predicted molar refractivity (Wildman–Crippen MR) is 84.2 cm³/mol. The molecule has 0 spiro atoms. The first kappa shape index (κ1) is 16.6. The maximum atomic E-state index is 13.0. The molecule has 0 radical (unpaired) electrons. The van der Waals surface area contributed by atoms with Crippen LogP contribution < -0.4 is 5.43 Å². The highest BCUT2D eigenvalue weighted by atomic mass is 35.5. The molecule has 0 fully saturated rings. The number of benzene rings is 2. The summed E-state index contributed by atoms with van der Waals surface area (Å²) < 4.78 is 13.0. The van der Waals surface area contributed by atoms with E-state index in [1.807, 2.05) is 0 Å². The molecule has 0 unspecified atom stereocenters. The van der Waals surface area contributed by atoms with Crippen molar-refractivity contribution in [1.29, 1.82) is 0 Å².